The first-order valence-corrected chi connectivity index (χ1v) is 7.85. The maximum Gasteiger partial charge on any atom is 0.0340 e. The Hall–Kier alpha value is -1.02. The van der Waals surface area contributed by atoms with Gasteiger partial charge in [-0.2, -0.15) is 0 Å². The number of benzene rings is 1. The highest BCUT2D eigenvalue weighted by Gasteiger charge is 2.40. The predicted octanol–water partition coefficient (Wildman–Crippen LogP) is 3.89. The summed E-state index contributed by atoms with van der Waals surface area (Å²) in [6, 6.07) is 9.13. The van der Waals surface area contributed by atoms with Crippen molar-refractivity contribution in [2.24, 2.45) is 11.1 Å². The van der Waals surface area contributed by atoms with Gasteiger partial charge in [0, 0.05) is 12.2 Å². The molecule has 3 rings (SSSR count). The number of hydrogen-bond donors (Lipinski definition) is 2. The molecule has 1 aromatic rings. The van der Waals surface area contributed by atoms with Crippen molar-refractivity contribution in [2.45, 2.75) is 50.9 Å². The fourth-order valence-electron chi connectivity index (χ4n) is 3.23. The van der Waals surface area contributed by atoms with Crippen molar-refractivity contribution in [2.75, 3.05) is 18.4 Å². The van der Waals surface area contributed by atoms with Gasteiger partial charge in [0.05, 0.1) is 0 Å². The van der Waals surface area contributed by atoms with Gasteiger partial charge in [0.2, 0.25) is 0 Å². The van der Waals surface area contributed by atoms with E-state index < -0.39 is 0 Å². The Kier molecular flexibility index (Phi) is 3.79. The van der Waals surface area contributed by atoms with Crippen LogP contribution in [0.1, 0.15) is 56.4 Å². The molecule has 0 aliphatic heterocycles. The lowest BCUT2D eigenvalue weighted by atomic mass is 9.84. The van der Waals surface area contributed by atoms with Crippen molar-refractivity contribution in [3.63, 3.8) is 0 Å². The fraction of sp³-hybridized carbons (Fsp3) is 0.647. The Balaban J connectivity index is 1.56. The van der Waals surface area contributed by atoms with Gasteiger partial charge in [0.15, 0.2) is 0 Å². The highest BCUT2D eigenvalue weighted by Crippen LogP contribution is 2.44. The first-order valence-electron chi connectivity index (χ1n) is 7.85. The Morgan fingerprint density at radius 2 is 1.74 bits per heavy atom. The first kappa shape index (κ1) is 13.0. The summed E-state index contributed by atoms with van der Waals surface area (Å²) in [6.07, 6.45) is 9.57. The largest absolute Gasteiger partial charge is 0.384 e. The summed E-state index contributed by atoms with van der Waals surface area (Å²) >= 11 is 0. The zero-order chi connectivity index (χ0) is 13.1. The highest BCUT2D eigenvalue weighted by atomic mass is 14.9. The molecule has 0 atom stereocenters. The van der Waals surface area contributed by atoms with Crippen LogP contribution in [0.4, 0.5) is 5.69 Å². The average Bonchev–Trinajstić information content (AvgIpc) is 3.27. The smallest absolute Gasteiger partial charge is 0.0340 e. The molecule has 104 valence electrons. The monoisotopic (exact) mass is 258 g/mol. The molecule has 0 spiro atoms. The molecule has 2 aliphatic rings. The summed E-state index contributed by atoms with van der Waals surface area (Å²) in [5.41, 5.74) is 9.00. The molecule has 2 fully saturated rings. The number of anilines is 1. The predicted molar refractivity (Wildman–Crippen MR) is 81.5 cm³/mol. The molecule has 0 heterocycles. The average molecular weight is 258 g/mol. The molecule has 2 nitrogen and oxygen atoms in total. The summed E-state index contributed by atoms with van der Waals surface area (Å²) in [5.74, 6) is 0.807. The third-order valence-corrected chi connectivity index (χ3v) is 5.04. The second-order valence-corrected chi connectivity index (χ2v) is 6.51. The van der Waals surface area contributed by atoms with Gasteiger partial charge < -0.3 is 11.1 Å². The minimum absolute atomic E-state index is 0.405. The van der Waals surface area contributed by atoms with Crippen LogP contribution >= 0.6 is 0 Å². The lowest BCUT2D eigenvalue weighted by molar-refractivity contribution is 0.443. The van der Waals surface area contributed by atoms with E-state index in [0.717, 1.165) is 19.0 Å². The molecular weight excluding hydrogens is 232 g/mol. The SMILES string of the molecule is NCC1(CNc2ccc(C3CCCCC3)cc2)CC1. The van der Waals surface area contributed by atoms with Gasteiger partial charge in [-0.25, -0.2) is 0 Å². The maximum absolute atomic E-state index is 5.81. The summed E-state index contributed by atoms with van der Waals surface area (Å²) < 4.78 is 0. The molecule has 0 saturated heterocycles. The van der Waals surface area contributed by atoms with Crippen LogP contribution in [0.25, 0.3) is 0 Å². The summed E-state index contributed by atoms with van der Waals surface area (Å²) in [5, 5.41) is 3.55. The van der Waals surface area contributed by atoms with Gasteiger partial charge in [-0.05, 0) is 61.3 Å². The van der Waals surface area contributed by atoms with Crippen molar-refractivity contribution >= 4 is 5.69 Å². The minimum atomic E-state index is 0.405. The van der Waals surface area contributed by atoms with Crippen molar-refractivity contribution in [1.82, 2.24) is 0 Å². The molecule has 0 aromatic heterocycles. The van der Waals surface area contributed by atoms with Gasteiger partial charge in [-0.1, -0.05) is 31.4 Å². The number of hydrogen-bond acceptors (Lipinski definition) is 2. The van der Waals surface area contributed by atoms with Gasteiger partial charge in [-0.15, -0.1) is 0 Å². The van der Waals surface area contributed by atoms with Gasteiger partial charge in [0.25, 0.3) is 0 Å². The fourth-order valence-corrected chi connectivity index (χ4v) is 3.23. The molecule has 2 heteroatoms. The lowest BCUT2D eigenvalue weighted by Gasteiger charge is -2.22. The second kappa shape index (κ2) is 5.54. The molecule has 19 heavy (non-hydrogen) atoms. The molecule has 2 aliphatic carbocycles. The number of rotatable bonds is 5. The van der Waals surface area contributed by atoms with E-state index in [-0.39, 0.29) is 0 Å². The zero-order valence-corrected chi connectivity index (χ0v) is 11.8. The zero-order valence-electron chi connectivity index (χ0n) is 11.8. The van der Waals surface area contributed by atoms with Crippen LogP contribution < -0.4 is 11.1 Å². The van der Waals surface area contributed by atoms with Gasteiger partial charge in [-0.3, -0.25) is 0 Å². The van der Waals surface area contributed by atoms with E-state index in [1.807, 2.05) is 0 Å². The third kappa shape index (κ3) is 3.11. The molecule has 0 unspecified atom stereocenters. The normalized spacial score (nSPS) is 22.2. The van der Waals surface area contributed by atoms with E-state index in [1.165, 1.54) is 56.2 Å². The van der Waals surface area contributed by atoms with E-state index in [0.29, 0.717) is 5.41 Å². The molecule has 0 bridgehead atoms. The van der Waals surface area contributed by atoms with E-state index in [4.69, 9.17) is 5.73 Å². The van der Waals surface area contributed by atoms with Crippen LogP contribution in [0.3, 0.4) is 0 Å². The van der Waals surface area contributed by atoms with Crippen LogP contribution in [0, 0.1) is 5.41 Å². The summed E-state index contributed by atoms with van der Waals surface area (Å²) in [7, 11) is 0. The molecule has 0 radical (unpaired) electrons. The van der Waals surface area contributed by atoms with Crippen LogP contribution in [-0.4, -0.2) is 13.1 Å². The standard InChI is InChI=1S/C17H26N2/c18-12-17(10-11-17)13-19-16-8-6-15(7-9-16)14-4-2-1-3-5-14/h6-9,14,19H,1-5,10-13,18H2. The van der Waals surface area contributed by atoms with Crippen molar-refractivity contribution in [3.8, 4) is 0 Å². The summed E-state index contributed by atoms with van der Waals surface area (Å²) in [4.78, 5) is 0. The molecular formula is C17H26N2. The molecule has 1 aromatic carbocycles. The first-order chi connectivity index (χ1) is 9.31. The highest BCUT2D eigenvalue weighted by molar-refractivity contribution is 5.45. The molecule has 2 saturated carbocycles. The molecule has 0 amide bonds. The van der Waals surface area contributed by atoms with Crippen molar-refractivity contribution < 1.29 is 0 Å². The van der Waals surface area contributed by atoms with Crippen LogP contribution in [0.15, 0.2) is 24.3 Å². The third-order valence-electron chi connectivity index (χ3n) is 5.04. The van der Waals surface area contributed by atoms with Crippen LogP contribution in [0.5, 0.6) is 0 Å². The van der Waals surface area contributed by atoms with E-state index in [9.17, 15) is 0 Å². The maximum atomic E-state index is 5.81. The Morgan fingerprint density at radius 1 is 1.05 bits per heavy atom. The van der Waals surface area contributed by atoms with E-state index >= 15 is 0 Å². The van der Waals surface area contributed by atoms with E-state index in [2.05, 4.69) is 29.6 Å². The van der Waals surface area contributed by atoms with Gasteiger partial charge in [0.1, 0.15) is 0 Å². The van der Waals surface area contributed by atoms with E-state index in [1.54, 1.807) is 0 Å². The molecule has 3 N–H and O–H groups in total. The van der Waals surface area contributed by atoms with Gasteiger partial charge >= 0.3 is 0 Å². The number of nitrogens with one attached hydrogen (secondary N) is 1. The van der Waals surface area contributed by atoms with Crippen molar-refractivity contribution in [3.05, 3.63) is 29.8 Å². The lowest BCUT2D eigenvalue weighted by Crippen LogP contribution is -2.24. The Bertz CT molecular complexity index is 400. The topological polar surface area (TPSA) is 38.0 Å². The van der Waals surface area contributed by atoms with Crippen LogP contribution in [-0.2, 0) is 0 Å². The van der Waals surface area contributed by atoms with Crippen molar-refractivity contribution in [1.29, 1.82) is 0 Å². The van der Waals surface area contributed by atoms with Crippen LogP contribution in [0.2, 0.25) is 0 Å². The minimum Gasteiger partial charge on any atom is -0.384 e. The number of nitrogens with two attached hydrogens (primary N) is 1. The Morgan fingerprint density at radius 3 is 2.32 bits per heavy atom. The second-order valence-electron chi connectivity index (χ2n) is 6.51. The Labute approximate surface area is 116 Å². The summed E-state index contributed by atoms with van der Waals surface area (Å²) in [6.45, 7) is 1.85. The quantitative estimate of drug-likeness (QED) is 0.841.